The number of ether oxygens (including phenoxy) is 1. The zero-order valence-corrected chi connectivity index (χ0v) is 8.69. The van der Waals surface area contributed by atoms with Crippen LogP contribution in [0.15, 0.2) is 30.2 Å². The van der Waals surface area contributed by atoms with Crippen molar-refractivity contribution >= 4 is 17.7 Å². The molecule has 0 fully saturated rings. The standard InChI is InChI=1S/C11H13N3O2/c12-3-4-13-8-1-2-10-11(5-8)16-7-9(6-15)14-10/h1-2,5-7,13-14H,3-4,12H2. The first kappa shape index (κ1) is 10.5. The Labute approximate surface area is 93.3 Å². The predicted molar refractivity (Wildman–Crippen MR) is 62.4 cm³/mol. The number of carbonyl (C=O) groups excluding carboxylic acids is 1. The molecule has 0 atom stereocenters. The summed E-state index contributed by atoms with van der Waals surface area (Å²) in [5, 5.41) is 6.09. The van der Waals surface area contributed by atoms with Gasteiger partial charge in [-0.1, -0.05) is 0 Å². The molecule has 1 aliphatic rings. The van der Waals surface area contributed by atoms with E-state index in [9.17, 15) is 4.79 Å². The Morgan fingerprint density at radius 3 is 3.12 bits per heavy atom. The number of benzene rings is 1. The van der Waals surface area contributed by atoms with Crippen LogP contribution in [0.2, 0.25) is 0 Å². The molecule has 2 rings (SSSR count). The van der Waals surface area contributed by atoms with Gasteiger partial charge in [-0.15, -0.1) is 0 Å². The lowest BCUT2D eigenvalue weighted by molar-refractivity contribution is -0.104. The van der Waals surface area contributed by atoms with E-state index in [1.807, 2.05) is 18.2 Å². The van der Waals surface area contributed by atoms with Gasteiger partial charge in [0.2, 0.25) is 0 Å². The molecule has 1 aliphatic heterocycles. The Morgan fingerprint density at radius 1 is 1.50 bits per heavy atom. The molecule has 0 saturated carbocycles. The maximum atomic E-state index is 10.5. The molecule has 0 bridgehead atoms. The summed E-state index contributed by atoms with van der Waals surface area (Å²) in [6, 6.07) is 5.61. The van der Waals surface area contributed by atoms with E-state index in [1.54, 1.807) is 0 Å². The summed E-state index contributed by atoms with van der Waals surface area (Å²) in [7, 11) is 0. The fraction of sp³-hybridized carbons (Fsp3) is 0.182. The lowest BCUT2D eigenvalue weighted by Gasteiger charge is -2.17. The summed E-state index contributed by atoms with van der Waals surface area (Å²) >= 11 is 0. The Morgan fingerprint density at radius 2 is 2.38 bits per heavy atom. The zero-order valence-electron chi connectivity index (χ0n) is 8.69. The van der Waals surface area contributed by atoms with Gasteiger partial charge < -0.3 is 21.1 Å². The van der Waals surface area contributed by atoms with Crippen LogP contribution >= 0.6 is 0 Å². The molecular weight excluding hydrogens is 206 g/mol. The van der Waals surface area contributed by atoms with Gasteiger partial charge in [0.1, 0.15) is 12.0 Å². The number of anilines is 2. The van der Waals surface area contributed by atoms with E-state index in [1.165, 1.54) is 6.26 Å². The second-order valence-electron chi connectivity index (χ2n) is 3.36. The first-order valence-electron chi connectivity index (χ1n) is 5.00. The van der Waals surface area contributed by atoms with Crippen molar-refractivity contribution in [1.82, 2.24) is 0 Å². The van der Waals surface area contributed by atoms with Crippen molar-refractivity contribution < 1.29 is 9.53 Å². The van der Waals surface area contributed by atoms with Crippen molar-refractivity contribution in [2.75, 3.05) is 23.7 Å². The van der Waals surface area contributed by atoms with Crippen LogP contribution < -0.4 is 21.1 Å². The van der Waals surface area contributed by atoms with Crippen LogP contribution in [-0.2, 0) is 4.79 Å². The van der Waals surface area contributed by atoms with Crippen LogP contribution in [0, 0.1) is 0 Å². The molecule has 0 radical (unpaired) electrons. The van der Waals surface area contributed by atoms with Crippen molar-refractivity contribution in [2.24, 2.45) is 5.73 Å². The molecule has 1 aromatic rings. The van der Waals surface area contributed by atoms with Crippen LogP contribution in [0.4, 0.5) is 11.4 Å². The number of hydrogen-bond donors (Lipinski definition) is 3. The van der Waals surface area contributed by atoms with Crippen molar-refractivity contribution in [3.05, 3.63) is 30.2 Å². The topological polar surface area (TPSA) is 76.4 Å². The second kappa shape index (κ2) is 4.67. The monoisotopic (exact) mass is 219 g/mol. The van der Waals surface area contributed by atoms with Crippen molar-refractivity contribution in [3.63, 3.8) is 0 Å². The number of fused-ring (bicyclic) bond motifs is 1. The number of aldehydes is 1. The number of carbonyl (C=O) groups is 1. The molecule has 5 heteroatoms. The lowest BCUT2D eigenvalue weighted by Crippen LogP contribution is -2.13. The van der Waals surface area contributed by atoms with Gasteiger partial charge in [-0.3, -0.25) is 4.79 Å². The van der Waals surface area contributed by atoms with E-state index < -0.39 is 0 Å². The minimum atomic E-state index is 0.412. The number of nitrogens with two attached hydrogens (primary N) is 1. The third kappa shape index (κ3) is 2.14. The molecule has 0 spiro atoms. The lowest BCUT2D eigenvalue weighted by atomic mass is 10.2. The van der Waals surface area contributed by atoms with E-state index in [-0.39, 0.29) is 0 Å². The highest BCUT2D eigenvalue weighted by molar-refractivity contribution is 5.82. The average molecular weight is 219 g/mol. The highest BCUT2D eigenvalue weighted by Crippen LogP contribution is 2.31. The van der Waals surface area contributed by atoms with Crippen LogP contribution in [0.1, 0.15) is 0 Å². The second-order valence-corrected chi connectivity index (χ2v) is 3.36. The number of rotatable bonds is 4. The fourth-order valence-corrected chi connectivity index (χ4v) is 1.42. The molecule has 4 N–H and O–H groups in total. The molecule has 0 amide bonds. The van der Waals surface area contributed by atoms with Gasteiger partial charge in [-0.25, -0.2) is 0 Å². The van der Waals surface area contributed by atoms with Crippen LogP contribution in [0.25, 0.3) is 0 Å². The summed E-state index contributed by atoms with van der Waals surface area (Å²) < 4.78 is 5.32. The maximum Gasteiger partial charge on any atom is 0.169 e. The highest BCUT2D eigenvalue weighted by atomic mass is 16.5. The zero-order chi connectivity index (χ0) is 11.4. The summed E-state index contributed by atoms with van der Waals surface area (Å²) in [4.78, 5) is 10.5. The predicted octanol–water partition coefficient (Wildman–Crippen LogP) is 0.902. The quantitative estimate of drug-likeness (QED) is 0.656. The van der Waals surface area contributed by atoms with Crippen LogP contribution in [-0.4, -0.2) is 19.4 Å². The fourth-order valence-electron chi connectivity index (χ4n) is 1.42. The SMILES string of the molecule is NCCNc1ccc2c(c1)OC=C(C=O)N2. The third-order valence-electron chi connectivity index (χ3n) is 2.17. The Kier molecular flexibility index (Phi) is 3.07. The molecule has 84 valence electrons. The van der Waals surface area contributed by atoms with Gasteiger partial charge in [-0.05, 0) is 12.1 Å². The van der Waals surface area contributed by atoms with Crippen molar-refractivity contribution in [3.8, 4) is 5.75 Å². The molecule has 0 aliphatic carbocycles. The van der Waals surface area contributed by atoms with Gasteiger partial charge in [0.25, 0.3) is 0 Å². The largest absolute Gasteiger partial charge is 0.460 e. The summed E-state index contributed by atoms with van der Waals surface area (Å²) in [5.74, 6) is 0.688. The first-order chi connectivity index (χ1) is 7.83. The van der Waals surface area contributed by atoms with Gasteiger partial charge in [0.15, 0.2) is 12.0 Å². The minimum absolute atomic E-state index is 0.412. The van der Waals surface area contributed by atoms with E-state index >= 15 is 0 Å². The molecule has 16 heavy (non-hydrogen) atoms. The van der Waals surface area contributed by atoms with E-state index in [0.717, 1.165) is 11.4 Å². The van der Waals surface area contributed by atoms with Crippen LogP contribution in [0.3, 0.4) is 0 Å². The van der Waals surface area contributed by atoms with E-state index in [4.69, 9.17) is 10.5 Å². The number of hydrogen-bond acceptors (Lipinski definition) is 5. The number of nitrogens with one attached hydrogen (secondary N) is 2. The van der Waals surface area contributed by atoms with Crippen molar-refractivity contribution in [1.29, 1.82) is 0 Å². The maximum absolute atomic E-state index is 10.5. The van der Waals surface area contributed by atoms with Gasteiger partial charge in [0, 0.05) is 24.8 Å². The normalized spacial score (nSPS) is 12.9. The Bertz CT molecular complexity index is 429. The summed E-state index contributed by atoms with van der Waals surface area (Å²) in [6.45, 7) is 1.28. The van der Waals surface area contributed by atoms with Gasteiger partial charge in [-0.2, -0.15) is 0 Å². The highest BCUT2D eigenvalue weighted by Gasteiger charge is 2.11. The number of allylic oxidation sites excluding steroid dienone is 1. The molecule has 1 aromatic carbocycles. The van der Waals surface area contributed by atoms with Gasteiger partial charge in [0.05, 0.1) is 5.69 Å². The van der Waals surface area contributed by atoms with Gasteiger partial charge >= 0.3 is 0 Å². The smallest absolute Gasteiger partial charge is 0.169 e. The molecule has 0 unspecified atom stereocenters. The van der Waals surface area contributed by atoms with E-state index in [2.05, 4.69) is 10.6 Å². The van der Waals surface area contributed by atoms with E-state index in [0.29, 0.717) is 30.8 Å². The Balaban J connectivity index is 2.15. The van der Waals surface area contributed by atoms with Crippen molar-refractivity contribution in [2.45, 2.75) is 0 Å². The molecular formula is C11H13N3O2. The summed E-state index contributed by atoms with van der Waals surface area (Å²) in [6.07, 6.45) is 2.10. The summed E-state index contributed by atoms with van der Waals surface area (Å²) in [5.41, 5.74) is 7.53. The molecule has 0 saturated heterocycles. The average Bonchev–Trinajstić information content (AvgIpc) is 2.35. The third-order valence-corrected chi connectivity index (χ3v) is 2.17. The first-order valence-corrected chi connectivity index (χ1v) is 5.00. The minimum Gasteiger partial charge on any atom is -0.460 e. The molecule has 1 heterocycles. The van der Waals surface area contributed by atoms with Crippen LogP contribution in [0.5, 0.6) is 5.75 Å². The molecule has 0 aromatic heterocycles. The Hall–Kier alpha value is -2.01. The molecule has 5 nitrogen and oxygen atoms in total.